The monoisotopic (exact) mass is 664 g/mol. The third kappa shape index (κ3) is 11.2. The molecule has 47 heavy (non-hydrogen) atoms. The maximum Gasteiger partial charge on any atom is 0.261 e. The van der Waals surface area contributed by atoms with Gasteiger partial charge in [0.2, 0.25) is 0 Å². The van der Waals surface area contributed by atoms with E-state index in [0.717, 1.165) is 34.7 Å². The molecule has 2 heterocycles. The Hall–Kier alpha value is -3.78. The minimum atomic E-state index is -1.02. The van der Waals surface area contributed by atoms with E-state index in [4.69, 9.17) is 10.5 Å². The molecule has 1 aliphatic carbocycles. The third-order valence-corrected chi connectivity index (χ3v) is 8.94. The number of ether oxygens (including phenoxy) is 1. The summed E-state index contributed by atoms with van der Waals surface area (Å²) in [6.45, 7) is 7.61. The number of hydrazine groups is 1. The summed E-state index contributed by atoms with van der Waals surface area (Å²) < 4.78 is 5.83. The highest BCUT2D eigenvalue weighted by Gasteiger charge is 2.30. The van der Waals surface area contributed by atoms with E-state index in [-0.39, 0.29) is 18.4 Å². The Morgan fingerprint density at radius 3 is 2.53 bits per heavy atom. The molecule has 254 valence electrons. The quantitative estimate of drug-likeness (QED) is 0.105. The maximum absolute atomic E-state index is 13.1. The second-order valence-corrected chi connectivity index (χ2v) is 13.8. The number of nitrogens with zero attached hydrogens (tertiary/aromatic N) is 1. The number of thiophene rings is 1. The van der Waals surface area contributed by atoms with Crippen molar-refractivity contribution in [1.29, 1.82) is 0 Å². The molecule has 0 bridgehead atoms. The van der Waals surface area contributed by atoms with Crippen LogP contribution < -0.4 is 27.3 Å². The molecule has 3 unspecified atom stereocenters. The summed E-state index contributed by atoms with van der Waals surface area (Å²) in [5.74, 6) is 0.354. The van der Waals surface area contributed by atoms with Gasteiger partial charge in [-0.3, -0.25) is 15.0 Å². The van der Waals surface area contributed by atoms with Gasteiger partial charge >= 0.3 is 0 Å². The van der Waals surface area contributed by atoms with Crippen LogP contribution in [0.15, 0.2) is 83.5 Å². The summed E-state index contributed by atoms with van der Waals surface area (Å²) in [5, 5.41) is 31.0. The number of benzene rings is 1. The molecule has 0 saturated heterocycles. The summed E-state index contributed by atoms with van der Waals surface area (Å²) in [4.78, 5) is 25.8. The summed E-state index contributed by atoms with van der Waals surface area (Å²) in [6, 6.07) is 10.2. The molecule has 1 aromatic heterocycles. The highest BCUT2D eigenvalue weighted by Crippen LogP contribution is 2.24. The van der Waals surface area contributed by atoms with Crippen molar-refractivity contribution in [3.8, 4) is 0 Å². The lowest BCUT2D eigenvalue weighted by Crippen LogP contribution is -2.56. The summed E-state index contributed by atoms with van der Waals surface area (Å²) in [5.41, 5.74) is 15.0. The first-order chi connectivity index (χ1) is 22.5. The molecule has 0 fully saturated rings. The average Bonchev–Trinajstić information content (AvgIpc) is 3.61. The molecule has 1 aromatic carbocycles. The number of dihydropyridines is 1. The van der Waals surface area contributed by atoms with E-state index in [0.29, 0.717) is 43.8 Å². The molecule has 2 aliphatic rings. The molecular weight excluding hydrogens is 616 g/mol. The van der Waals surface area contributed by atoms with Gasteiger partial charge in [-0.2, -0.15) is 5.48 Å². The van der Waals surface area contributed by atoms with Crippen molar-refractivity contribution in [2.24, 2.45) is 11.1 Å². The number of hydrogen-bond acceptors (Lipinski definition) is 10. The molecular formula is C35H48N6O5S. The zero-order valence-corrected chi connectivity index (χ0v) is 28.2. The molecule has 0 saturated carbocycles. The number of allylic oxidation sites excluding steroid dienone is 5. The molecule has 1 aliphatic heterocycles. The van der Waals surface area contributed by atoms with Crippen molar-refractivity contribution < 1.29 is 24.6 Å². The first-order valence-electron chi connectivity index (χ1n) is 16.0. The summed E-state index contributed by atoms with van der Waals surface area (Å²) >= 11 is 1.39. The molecule has 8 N–H and O–H groups in total. The van der Waals surface area contributed by atoms with Gasteiger partial charge in [-0.05, 0) is 53.0 Å². The highest BCUT2D eigenvalue weighted by atomic mass is 32.1. The summed E-state index contributed by atoms with van der Waals surface area (Å²) in [6.07, 6.45) is 10.7. The number of carbonyl (C=O) groups is 2. The van der Waals surface area contributed by atoms with Gasteiger partial charge in [-0.15, -0.1) is 11.3 Å². The lowest BCUT2D eigenvalue weighted by atomic mass is 9.87. The smallest absolute Gasteiger partial charge is 0.261 e. The first-order valence-corrected chi connectivity index (χ1v) is 16.8. The van der Waals surface area contributed by atoms with Crippen molar-refractivity contribution in [3.05, 3.63) is 99.5 Å². The fraction of sp³-hybridized carbons (Fsp3) is 0.429. The molecule has 4 rings (SSSR count). The number of nitrogens with one attached hydrogen (secondary N) is 4. The second-order valence-electron chi connectivity index (χ2n) is 12.8. The highest BCUT2D eigenvalue weighted by molar-refractivity contribution is 7.12. The number of nitrogens with two attached hydrogens (primary N) is 1. The van der Waals surface area contributed by atoms with E-state index in [1.165, 1.54) is 11.3 Å². The van der Waals surface area contributed by atoms with E-state index < -0.39 is 23.6 Å². The Morgan fingerprint density at radius 2 is 1.91 bits per heavy atom. The zero-order valence-electron chi connectivity index (χ0n) is 27.4. The number of carbonyl (C=O) groups excluding carboxylic acids is 2. The van der Waals surface area contributed by atoms with Crippen LogP contribution in [0.4, 0.5) is 0 Å². The third-order valence-electron chi connectivity index (χ3n) is 8.07. The van der Waals surface area contributed by atoms with Gasteiger partial charge in [0.15, 0.2) is 0 Å². The molecule has 3 atom stereocenters. The Bertz CT molecular complexity index is 1450. The lowest BCUT2D eigenvalue weighted by Gasteiger charge is -2.33. The van der Waals surface area contributed by atoms with Gasteiger partial charge in [-0.25, -0.2) is 5.01 Å². The predicted molar refractivity (Wildman–Crippen MR) is 185 cm³/mol. The largest absolute Gasteiger partial charge is 0.496 e. The van der Waals surface area contributed by atoms with Gasteiger partial charge in [-0.1, -0.05) is 74.9 Å². The van der Waals surface area contributed by atoms with E-state index in [2.05, 4.69) is 21.5 Å². The zero-order chi connectivity index (χ0) is 33.8. The van der Waals surface area contributed by atoms with E-state index in [1.54, 1.807) is 11.1 Å². The minimum Gasteiger partial charge on any atom is -0.496 e. The van der Waals surface area contributed by atoms with Crippen LogP contribution in [0.3, 0.4) is 0 Å². The van der Waals surface area contributed by atoms with Crippen LogP contribution in [-0.2, 0) is 16.1 Å². The molecule has 12 heteroatoms. The van der Waals surface area contributed by atoms with Crippen molar-refractivity contribution in [1.82, 2.24) is 26.5 Å². The average molecular weight is 665 g/mol. The molecule has 2 aromatic rings. The van der Waals surface area contributed by atoms with Crippen molar-refractivity contribution in [3.63, 3.8) is 0 Å². The molecule has 0 radical (unpaired) electrons. The number of aliphatic hydroxyl groups is 1. The minimum absolute atomic E-state index is 0.0504. The van der Waals surface area contributed by atoms with Gasteiger partial charge in [0, 0.05) is 31.8 Å². The standard InChI is InChI=1S/C35H48N6O5S/c1-35(2,3)32(36)34(44)39-41(22-25-9-13-26(14-10-25)28-7-4-5-17-37-28)23-30(42)29(40-45)21-24-11-15-27(16-12-24)46-19-18-38-33(43)31-8-6-20-47-31/h4-11,13-15,20,29-30,32,37,40,42,45H,12,16-19,21-23,36H2,1-3H3,(H,38,43)(H,39,44). The SMILES string of the molecule is CC(C)(C)C(N)C(=O)NN(Cc1ccc(C2=CC=CCN2)cc1)CC(O)C(CC1=CC=C(OCCNC(=O)c2cccs2)CC1)NO. The van der Waals surface area contributed by atoms with Gasteiger partial charge < -0.3 is 31.4 Å². The maximum atomic E-state index is 13.1. The van der Waals surface area contributed by atoms with Crippen LogP contribution in [0.25, 0.3) is 5.70 Å². The van der Waals surface area contributed by atoms with Gasteiger partial charge in [0.05, 0.1) is 35.4 Å². The Morgan fingerprint density at radius 1 is 1.13 bits per heavy atom. The number of hydrogen-bond donors (Lipinski definition) is 7. The Balaban J connectivity index is 1.34. The van der Waals surface area contributed by atoms with E-state index in [1.807, 2.05) is 86.9 Å². The topological polar surface area (TPSA) is 161 Å². The Kier molecular flexibility index (Phi) is 13.3. The number of hydroxylamine groups is 1. The number of amides is 2. The number of rotatable bonds is 16. The van der Waals surface area contributed by atoms with Crippen LogP contribution in [0, 0.1) is 5.41 Å². The summed E-state index contributed by atoms with van der Waals surface area (Å²) in [7, 11) is 0. The molecule has 2 amide bonds. The van der Waals surface area contributed by atoms with Crippen molar-refractivity contribution in [2.75, 3.05) is 26.2 Å². The van der Waals surface area contributed by atoms with Crippen LogP contribution in [0.1, 0.15) is 60.8 Å². The predicted octanol–water partition coefficient (Wildman–Crippen LogP) is 3.60. The van der Waals surface area contributed by atoms with Gasteiger partial charge in [0.1, 0.15) is 6.61 Å². The van der Waals surface area contributed by atoms with Crippen molar-refractivity contribution >= 4 is 28.8 Å². The van der Waals surface area contributed by atoms with Crippen molar-refractivity contribution in [2.45, 2.75) is 64.8 Å². The fourth-order valence-electron chi connectivity index (χ4n) is 5.13. The normalized spacial score (nSPS) is 16.7. The lowest BCUT2D eigenvalue weighted by molar-refractivity contribution is -0.130. The number of aliphatic hydroxyl groups excluding tert-OH is 1. The van der Waals surface area contributed by atoms with E-state index in [9.17, 15) is 19.9 Å². The fourth-order valence-corrected chi connectivity index (χ4v) is 5.77. The van der Waals surface area contributed by atoms with Crippen LogP contribution in [-0.4, -0.2) is 71.6 Å². The molecule has 11 nitrogen and oxygen atoms in total. The van der Waals surface area contributed by atoms with Crippen LogP contribution in [0.2, 0.25) is 0 Å². The molecule has 0 spiro atoms. The second kappa shape index (κ2) is 17.4. The van der Waals surface area contributed by atoms with Crippen LogP contribution >= 0.6 is 11.3 Å². The van der Waals surface area contributed by atoms with Crippen LogP contribution in [0.5, 0.6) is 0 Å². The first kappa shape index (κ1) is 36.1. The van der Waals surface area contributed by atoms with Gasteiger partial charge in [0.25, 0.3) is 11.8 Å². The Labute approximate surface area is 281 Å². The van der Waals surface area contributed by atoms with E-state index >= 15 is 0 Å².